The maximum atomic E-state index is 5.44. The van der Waals surface area contributed by atoms with E-state index in [-0.39, 0.29) is 6.29 Å². The molecule has 1 aliphatic carbocycles. The first-order valence-electron chi connectivity index (χ1n) is 6.13. The van der Waals surface area contributed by atoms with Crippen LogP contribution in [0, 0.1) is 17.3 Å². The molecular weight excluding hydrogens is 190 g/mol. The molecule has 2 atom stereocenters. The molecule has 0 radical (unpaired) electrons. The van der Waals surface area contributed by atoms with Gasteiger partial charge in [-0.25, -0.2) is 0 Å². The average molecular weight is 211 g/mol. The second-order valence-corrected chi connectivity index (χ2v) is 5.75. The number of fused-ring (bicyclic) bond motifs is 1. The Hall–Kier alpha value is -0.120. The van der Waals surface area contributed by atoms with Gasteiger partial charge in [0.15, 0.2) is 6.29 Å². The van der Waals surface area contributed by atoms with E-state index in [0.717, 1.165) is 38.0 Å². The van der Waals surface area contributed by atoms with Crippen LogP contribution in [0.25, 0.3) is 0 Å². The van der Waals surface area contributed by atoms with E-state index >= 15 is 0 Å². The summed E-state index contributed by atoms with van der Waals surface area (Å²) in [5.41, 5.74) is 0.636. The van der Waals surface area contributed by atoms with Crippen molar-refractivity contribution in [1.82, 2.24) is 4.90 Å². The summed E-state index contributed by atoms with van der Waals surface area (Å²) in [7, 11) is 0. The molecule has 0 N–H and O–H groups in total. The molecule has 3 heteroatoms. The van der Waals surface area contributed by atoms with E-state index in [4.69, 9.17) is 9.47 Å². The van der Waals surface area contributed by atoms with Gasteiger partial charge in [-0.1, -0.05) is 13.8 Å². The molecule has 2 heterocycles. The SMILES string of the molecule is CC1(C)[C@@H]2CN(CCC3OCCO3)C[C@H]21. The quantitative estimate of drug-likeness (QED) is 0.703. The summed E-state index contributed by atoms with van der Waals surface area (Å²) in [6, 6.07) is 0. The van der Waals surface area contributed by atoms with Crippen molar-refractivity contribution in [3.05, 3.63) is 0 Å². The maximum Gasteiger partial charge on any atom is 0.159 e. The van der Waals surface area contributed by atoms with Crippen LogP contribution in [0.5, 0.6) is 0 Å². The summed E-state index contributed by atoms with van der Waals surface area (Å²) in [4.78, 5) is 2.58. The van der Waals surface area contributed by atoms with Crippen LogP contribution >= 0.6 is 0 Å². The molecule has 0 amide bonds. The van der Waals surface area contributed by atoms with Gasteiger partial charge in [-0.2, -0.15) is 0 Å². The molecule has 0 aromatic carbocycles. The normalized spacial score (nSPS) is 39.6. The Bertz CT molecular complexity index is 234. The molecule has 3 nitrogen and oxygen atoms in total. The fourth-order valence-corrected chi connectivity index (χ4v) is 3.26. The first-order chi connectivity index (χ1) is 7.18. The molecule has 15 heavy (non-hydrogen) atoms. The standard InChI is InChI=1S/C12H21NO2/c1-12(2)9-7-13(8-10(9)12)4-3-11-14-5-6-15-11/h9-11H,3-8H2,1-2H3/t9-,10-/m1/s1. The summed E-state index contributed by atoms with van der Waals surface area (Å²) in [5, 5.41) is 0. The Labute approximate surface area is 91.7 Å². The molecule has 0 spiro atoms. The molecule has 3 rings (SSSR count). The Morgan fingerprint density at radius 2 is 1.73 bits per heavy atom. The Morgan fingerprint density at radius 1 is 1.13 bits per heavy atom. The predicted molar refractivity (Wildman–Crippen MR) is 57.5 cm³/mol. The number of piperidine rings is 1. The Morgan fingerprint density at radius 3 is 2.33 bits per heavy atom. The van der Waals surface area contributed by atoms with Gasteiger partial charge in [-0.3, -0.25) is 0 Å². The molecule has 0 bridgehead atoms. The number of ether oxygens (including phenoxy) is 2. The second-order valence-electron chi connectivity index (χ2n) is 5.75. The zero-order valence-electron chi connectivity index (χ0n) is 9.74. The number of hydrogen-bond donors (Lipinski definition) is 0. The van der Waals surface area contributed by atoms with Crippen LogP contribution in [0.1, 0.15) is 20.3 Å². The summed E-state index contributed by atoms with van der Waals surface area (Å²) in [6.45, 7) is 10.1. The van der Waals surface area contributed by atoms with Crippen molar-refractivity contribution in [3.63, 3.8) is 0 Å². The van der Waals surface area contributed by atoms with Crippen LogP contribution in [0.3, 0.4) is 0 Å². The monoisotopic (exact) mass is 211 g/mol. The van der Waals surface area contributed by atoms with Gasteiger partial charge in [0.05, 0.1) is 13.2 Å². The number of likely N-dealkylation sites (tertiary alicyclic amines) is 1. The smallest absolute Gasteiger partial charge is 0.159 e. The lowest BCUT2D eigenvalue weighted by Gasteiger charge is -2.22. The van der Waals surface area contributed by atoms with Gasteiger partial charge >= 0.3 is 0 Å². The lowest BCUT2D eigenvalue weighted by molar-refractivity contribution is -0.0513. The number of rotatable bonds is 3. The fourth-order valence-electron chi connectivity index (χ4n) is 3.26. The average Bonchev–Trinajstić information content (AvgIpc) is 2.76. The van der Waals surface area contributed by atoms with E-state index in [1.807, 2.05) is 0 Å². The minimum absolute atomic E-state index is 0.0786. The van der Waals surface area contributed by atoms with Crippen LogP contribution < -0.4 is 0 Å². The van der Waals surface area contributed by atoms with E-state index < -0.39 is 0 Å². The van der Waals surface area contributed by atoms with E-state index in [1.54, 1.807) is 0 Å². The van der Waals surface area contributed by atoms with E-state index in [0.29, 0.717) is 5.41 Å². The van der Waals surface area contributed by atoms with E-state index in [9.17, 15) is 0 Å². The summed E-state index contributed by atoms with van der Waals surface area (Å²) < 4.78 is 10.9. The minimum atomic E-state index is 0.0786. The van der Waals surface area contributed by atoms with Crippen molar-refractivity contribution in [2.75, 3.05) is 32.8 Å². The molecule has 3 fully saturated rings. The van der Waals surface area contributed by atoms with Gasteiger partial charge in [0.2, 0.25) is 0 Å². The molecule has 0 aromatic rings. The second kappa shape index (κ2) is 3.44. The third-order valence-corrected chi connectivity index (χ3v) is 4.57. The highest BCUT2D eigenvalue weighted by Crippen LogP contribution is 2.61. The number of hydrogen-bond acceptors (Lipinski definition) is 3. The zero-order valence-corrected chi connectivity index (χ0v) is 9.74. The fraction of sp³-hybridized carbons (Fsp3) is 1.00. The third kappa shape index (κ3) is 1.71. The van der Waals surface area contributed by atoms with Gasteiger partial charge in [0.25, 0.3) is 0 Å². The van der Waals surface area contributed by atoms with Gasteiger partial charge in [-0.15, -0.1) is 0 Å². The van der Waals surface area contributed by atoms with Crippen LogP contribution in [0.2, 0.25) is 0 Å². The molecule has 2 saturated heterocycles. The van der Waals surface area contributed by atoms with E-state index in [2.05, 4.69) is 18.7 Å². The van der Waals surface area contributed by atoms with Gasteiger partial charge in [0, 0.05) is 26.1 Å². The first kappa shape index (κ1) is 10.1. The molecule has 86 valence electrons. The summed E-state index contributed by atoms with van der Waals surface area (Å²) >= 11 is 0. The summed E-state index contributed by atoms with van der Waals surface area (Å²) in [6.07, 6.45) is 1.12. The minimum Gasteiger partial charge on any atom is -0.350 e. The van der Waals surface area contributed by atoms with Crippen LogP contribution in [-0.2, 0) is 9.47 Å². The highest BCUT2D eigenvalue weighted by Gasteiger charge is 2.61. The van der Waals surface area contributed by atoms with Gasteiger partial charge < -0.3 is 14.4 Å². The Balaban J connectivity index is 1.40. The molecular formula is C12H21NO2. The molecule has 1 saturated carbocycles. The first-order valence-corrected chi connectivity index (χ1v) is 6.13. The topological polar surface area (TPSA) is 21.7 Å². The van der Waals surface area contributed by atoms with Gasteiger partial charge in [-0.05, 0) is 17.3 Å². The summed E-state index contributed by atoms with van der Waals surface area (Å²) in [5.74, 6) is 1.92. The lowest BCUT2D eigenvalue weighted by Crippen LogP contribution is -2.29. The maximum absolute atomic E-state index is 5.44. The highest BCUT2D eigenvalue weighted by molar-refractivity contribution is 5.11. The van der Waals surface area contributed by atoms with Crippen molar-refractivity contribution in [1.29, 1.82) is 0 Å². The van der Waals surface area contributed by atoms with Crippen molar-refractivity contribution < 1.29 is 9.47 Å². The molecule has 0 aromatic heterocycles. The molecule has 0 unspecified atom stereocenters. The van der Waals surface area contributed by atoms with Crippen molar-refractivity contribution in [3.8, 4) is 0 Å². The van der Waals surface area contributed by atoms with Crippen LogP contribution in [-0.4, -0.2) is 44.0 Å². The van der Waals surface area contributed by atoms with E-state index in [1.165, 1.54) is 13.1 Å². The van der Waals surface area contributed by atoms with Crippen molar-refractivity contribution in [2.24, 2.45) is 17.3 Å². The zero-order chi connectivity index (χ0) is 10.5. The van der Waals surface area contributed by atoms with Crippen LogP contribution in [0.4, 0.5) is 0 Å². The highest BCUT2D eigenvalue weighted by atomic mass is 16.7. The number of nitrogens with zero attached hydrogens (tertiary/aromatic N) is 1. The largest absolute Gasteiger partial charge is 0.350 e. The van der Waals surface area contributed by atoms with Crippen molar-refractivity contribution >= 4 is 0 Å². The third-order valence-electron chi connectivity index (χ3n) is 4.57. The Kier molecular flexibility index (Phi) is 2.31. The van der Waals surface area contributed by atoms with Crippen molar-refractivity contribution in [2.45, 2.75) is 26.6 Å². The van der Waals surface area contributed by atoms with Crippen LogP contribution in [0.15, 0.2) is 0 Å². The molecule has 3 aliphatic rings. The lowest BCUT2D eigenvalue weighted by atomic mass is 10.1. The predicted octanol–water partition coefficient (Wildman–Crippen LogP) is 1.34. The van der Waals surface area contributed by atoms with Gasteiger partial charge in [0.1, 0.15) is 0 Å². The molecule has 2 aliphatic heterocycles.